The maximum absolute atomic E-state index is 6.19. The fourth-order valence-electron chi connectivity index (χ4n) is 2.48. The number of para-hydroxylation sites is 1. The molecule has 0 fully saturated rings. The lowest BCUT2D eigenvalue weighted by atomic mass is 10.1. The average molecular weight is 244 g/mol. The number of anilines is 2. The Hall–Kier alpha value is -1.47. The number of rotatable bonds is 1. The van der Waals surface area contributed by atoms with Crippen LogP contribution in [0, 0.1) is 6.92 Å². The van der Waals surface area contributed by atoms with Crippen LogP contribution in [0.15, 0.2) is 42.5 Å². The molecular weight excluding hydrogens is 230 g/mol. The predicted molar refractivity (Wildman–Crippen MR) is 73.3 cm³/mol. The number of benzene rings is 2. The topological polar surface area (TPSA) is 3.24 Å². The standard InChI is InChI=1S/C15H14ClN/c1-11-13(16)6-4-8-14(11)17-10-9-12-5-2-3-7-15(12)17/h2-8H,9-10H2,1H3. The Kier molecular flexibility index (Phi) is 2.56. The molecule has 0 atom stereocenters. The molecule has 0 aromatic heterocycles. The van der Waals surface area contributed by atoms with Crippen LogP contribution < -0.4 is 4.90 Å². The van der Waals surface area contributed by atoms with E-state index in [1.165, 1.54) is 16.9 Å². The van der Waals surface area contributed by atoms with Gasteiger partial charge in [0.05, 0.1) is 0 Å². The van der Waals surface area contributed by atoms with Gasteiger partial charge in [0.1, 0.15) is 0 Å². The first-order valence-electron chi connectivity index (χ1n) is 5.88. The van der Waals surface area contributed by atoms with Crippen LogP contribution in [0.2, 0.25) is 5.02 Å². The number of halogens is 1. The van der Waals surface area contributed by atoms with E-state index in [4.69, 9.17) is 11.6 Å². The van der Waals surface area contributed by atoms with Gasteiger partial charge in [-0.15, -0.1) is 0 Å². The molecule has 2 heteroatoms. The van der Waals surface area contributed by atoms with Crippen molar-refractivity contribution in [2.45, 2.75) is 13.3 Å². The predicted octanol–water partition coefficient (Wildman–Crippen LogP) is 4.34. The van der Waals surface area contributed by atoms with E-state index >= 15 is 0 Å². The van der Waals surface area contributed by atoms with Gasteiger partial charge < -0.3 is 4.90 Å². The molecule has 0 radical (unpaired) electrons. The Morgan fingerprint density at radius 2 is 1.76 bits per heavy atom. The van der Waals surface area contributed by atoms with Crippen molar-refractivity contribution in [3.05, 3.63) is 58.6 Å². The molecule has 1 nitrogen and oxygen atoms in total. The van der Waals surface area contributed by atoms with Gasteiger partial charge in [-0.05, 0) is 42.7 Å². The first kappa shape index (κ1) is 10.7. The summed E-state index contributed by atoms with van der Waals surface area (Å²) >= 11 is 6.19. The van der Waals surface area contributed by atoms with E-state index in [9.17, 15) is 0 Å². The minimum Gasteiger partial charge on any atom is -0.341 e. The Labute approximate surface area is 107 Å². The third-order valence-corrected chi connectivity index (χ3v) is 3.83. The van der Waals surface area contributed by atoms with E-state index in [2.05, 4.69) is 42.2 Å². The number of hydrogen-bond donors (Lipinski definition) is 0. The smallest absolute Gasteiger partial charge is 0.0455 e. The SMILES string of the molecule is Cc1c(Cl)cccc1N1CCc2ccccc21. The second-order valence-corrected chi connectivity index (χ2v) is 4.82. The Morgan fingerprint density at radius 1 is 1.00 bits per heavy atom. The van der Waals surface area contributed by atoms with Gasteiger partial charge in [-0.2, -0.15) is 0 Å². The molecule has 0 amide bonds. The molecule has 3 rings (SSSR count). The summed E-state index contributed by atoms with van der Waals surface area (Å²) in [5.74, 6) is 0. The highest BCUT2D eigenvalue weighted by Crippen LogP contribution is 2.37. The van der Waals surface area contributed by atoms with E-state index < -0.39 is 0 Å². The summed E-state index contributed by atoms with van der Waals surface area (Å²) in [5.41, 5.74) is 5.12. The molecule has 0 bridgehead atoms. The van der Waals surface area contributed by atoms with Crippen LogP contribution in [0.1, 0.15) is 11.1 Å². The molecule has 0 saturated carbocycles. The number of hydrogen-bond acceptors (Lipinski definition) is 1. The number of fused-ring (bicyclic) bond motifs is 1. The maximum Gasteiger partial charge on any atom is 0.0455 e. The molecule has 1 aliphatic rings. The van der Waals surface area contributed by atoms with Gasteiger partial charge in [-0.1, -0.05) is 35.9 Å². The van der Waals surface area contributed by atoms with Crippen LogP contribution in [0.5, 0.6) is 0 Å². The zero-order valence-electron chi connectivity index (χ0n) is 9.78. The van der Waals surface area contributed by atoms with Crippen molar-refractivity contribution in [1.29, 1.82) is 0 Å². The van der Waals surface area contributed by atoms with Crippen molar-refractivity contribution in [1.82, 2.24) is 0 Å². The van der Waals surface area contributed by atoms with Crippen LogP contribution in [0.4, 0.5) is 11.4 Å². The molecular formula is C15H14ClN. The van der Waals surface area contributed by atoms with Crippen molar-refractivity contribution >= 4 is 23.0 Å². The molecule has 86 valence electrons. The van der Waals surface area contributed by atoms with Gasteiger partial charge in [0.2, 0.25) is 0 Å². The van der Waals surface area contributed by atoms with E-state index in [1.807, 2.05) is 12.1 Å². The Morgan fingerprint density at radius 3 is 2.65 bits per heavy atom. The monoisotopic (exact) mass is 243 g/mol. The summed E-state index contributed by atoms with van der Waals surface area (Å²) in [5, 5.41) is 0.840. The van der Waals surface area contributed by atoms with Crippen molar-refractivity contribution in [2.75, 3.05) is 11.4 Å². The normalized spacial score (nSPS) is 13.9. The van der Waals surface area contributed by atoms with E-state index in [-0.39, 0.29) is 0 Å². The molecule has 2 aromatic carbocycles. The van der Waals surface area contributed by atoms with Gasteiger partial charge >= 0.3 is 0 Å². The minimum absolute atomic E-state index is 0.840. The lowest BCUT2D eigenvalue weighted by Gasteiger charge is -2.22. The van der Waals surface area contributed by atoms with Crippen molar-refractivity contribution in [3.8, 4) is 0 Å². The number of nitrogens with zero attached hydrogens (tertiary/aromatic N) is 1. The fraction of sp³-hybridized carbons (Fsp3) is 0.200. The van der Waals surface area contributed by atoms with Gasteiger partial charge in [-0.3, -0.25) is 0 Å². The van der Waals surface area contributed by atoms with E-state index in [0.29, 0.717) is 0 Å². The molecule has 1 heterocycles. The van der Waals surface area contributed by atoms with Crippen LogP contribution in [-0.2, 0) is 6.42 Å². The van der Waals surface area contributed by atoms with E-state index in [0.717, 1.165) is 23.6 Å². The average Bonchev–Trinajstić information content (AvgIpc) is 2.77. The van der Waals surface area contributed by atoms with Crippen molar-refractivity contribution in [2.24, 2.45) is 0 Å². The zero-order chi connectivity index (χ0) is 11.8. The van der Waals surface area contributed by atoms with Gasteiger partial charge in [0.15, 0.2) is 0 Å². The maximum atomic E-state index is 6.19. The highest BCUT2D eigenvalue weighted by atomic mass is 35.5. The third kappa shape index (κ3) is 1.71. The van der Waals surface area contributed by atoms with Gasteiger partial charge in [-0.25, -0.2) is 0 Å². The molecule has 0 unspecified atom stereocenters. The lowest BCUT2D eigenvalue weighted by Crippen LogP contribution is -2.14. The first-order valence-corrected chi connectivity index (χ1v) is 6.26. The minimum atomic E-state index is 0.840. The molecule has 0 N–H and O–H groups in total. The second-order valence-electron chi connectivity index (χ2n) is 4.41. The first-order chi connectivity index (χ1) is 8.27. The lowest BCUT2D eigenvalue weighted by molar-refractivity contribution is 0.993. The summed E-state index contributed by atoms with van der Waals surface area (Å²) in [4.78, 5) is 2.36. The fourth-order valence-corrected chi connectivity index (χ4v) is 2.65. The molecule has 2 aromatic rings. The molecule has 0 spiro atoms. The summed E-state index contributed by atoms with van der Waals surface area (Å²) in [6.07, 6.45) is 1.11. The quantitative estimate of drug-likeness (QED) is 0.720. The molecule has 0 saturated heterocycles. The van der Waals surface area contributed by atoms with Gasteiger partial charge in [0, 0.05) is 22.9 Å². The van der Waals surface area contributed by atoms with Crippen molar-refractivity contribution in [3.63, 3.8) is 0 Å². The summed E-state index contributed by atoms with van der Waals surface area (Å²) in [6, 6.07) is 14.7. The highest BCUT2D eigenvalue weighted by Gasteiger charge is 2.21. The summed E-state index contributed by atoms with van der Waals surface area (Å²) in [7, 11) is 0. The van der Waals surface area contributed by atoms with Crippen LogP contribution in [-0.4, -0.2) is 6.54 Å². The summed E-state index contributed by atoms with van der Waals surface area (Å²) < 4.78 is 0. The van der Waals surface area contributed by atoms with Crippen LogP contribution in [0.25, 0.3) is 0 Å². The molecule has 17 heavy (non-hydrogen) atoms. The Balaban J connectivity index is 2.10. The van der Waals surface area contributed by atoms with E-state index in [1.54, 1.807) is 0 Å². The van der Waals surface area contributed by atoms with Gasteiger partial charge in [0.25, 0.3) is 0 Å². The Bertz CT molecular complexity index is 563. The largest absolute Gasteiger partial charge is 0.341 e. The van der Waals surface area contributed by atoms with Crippen molar-refractivity contribution < 1.29 is 0 Å². The molecule has 1 aliphatic heterocycles. The van der Waals surface area contributed by atoms with Crippen LogP contribution in [0.3, 0.4) is 0 Å². The molecule has 0 aliphatic carbocycles. The third-order valence-electron chi connectivity index (χ3n) is 3.42. The zero-order valence-corrected chi connectivity index (χ0v) is 10.5. The highest BCUT2D eigenvalue weighted by molar-refractivity contribution is 6.31. The summed E-state index contributed by atoms with van der Waals surface area (Å²) in [6.45, 7) is 3.12. The van der Waals surface area contributed by atoms with Crippen LogP contribution >= 0.6 is 11.6 Å². The second kappa shape index (κ2) is 4.08.